The summed E-state index contributed by atoms with van der Waals surface area (Å²) in [7, 11) is 3.11. The van der Waals surface area contributed by atoms with Crippen molar-refractivity contribution in [2.24, 2.45) is 0 Å². The standard InChI is InChI=1S/C13H18FNO2/c1-16-12-6-5-11(14)10(13(12)17-2)8-9-4-3-7-15-9/h5-6,9,15H,3-4,7-8H2,1-2H3. The highest BCUT2D eigenvalue weighted by molar-refractivity contribution is 5.47. The van der Waals surface area contributed by atoms with Crippen LogP contribution in [0.15, 0.2) is 12.1 Å². The maximum absolute atomic E-state index is 13.8. The first kappa shape index (κ1) is 12.2. The quantitative estimate of drug-likeness (QED) is 0.873. The summed E-state index contributed by atoms with van der Waals surface area (Å²) in [5.41, 5.74) is 0.603. The van der Waals surface area contributed by atoms with E-state index in [1.54, 1.807) is 20.3 Å². The Morgan fingerprint density at radius 3 is 2.76 bits per heavy atom. The zero-order valence-corrected chi connectivity index (χ0v) is 10.3. The molecule has 0 amide bonds. The summed E-state index contributed by atoms with van der Waals surface area (Å²) in [4.78, 5) is 0. The highest BCUT2D eigenvalue weighted by atomic mass is 19.1. The van der Waals surface area contributed by atoms with Crippen molar-refractivity contribution < 1.29 is 13.9 Å². The lowest BCUT2D eigenvalue weighted by atomic mass is 10.0. The summed E-state index contributed by atoms with van der Waals surface area (Å²) in [6.07, 6.45) is 2.88. The van der Waals surface area contributed by atoms with E-state index in [1.165, 1.54) is 6.07 Å². The first-order valence-corrected chi connectivity index (χ1v) is 5.89. The third-order valence-electron chi connectivity index (χ3n) is 3.20. The van der Waals surface area contributed by atoms with Crippen molar-refractivity contribution in [2.45, 2.75) is 25.3 Å². The molecule has 1 aliphatic rings. The number of ether oxygens (including phenoxy) is 2. The predicted octanol–water partition coefficient (Wildman–Crippen LogP) is 2.14. The zero-order valence-electron chi connectivity index (χ0n) is 10.3. The molecule has 0 aliphatic carbocycles. The third-order valence-corrected chi connectivity index (χ3v) is 3.20. The van der Waals surface area contributed by atoms with Crippen LogP contribution >= 0.6 is 0 Å². The van der Waals surface area contributed by atoms with Gasteiger partial charge in [0.05, 0.1) is 14.2 Å². The summed E-state index contributed by atoms with van der Waals surface area (Å²) >= 11 is 0. The first-order chi connectivity index (χ1) is 8.26. The molecule has 1 unspecified atom stereocenters. The van der Waals surface area contributed by atoms with Gasteiger partial charge in [0.1, 0.15) is 5.82 Å². The molecule has 1 aromatic rings. The number of hydrogen-bond donors (Lipinski definition) is 1. The van der Waals surface area contributed by atoms with E-state index in [4.69, 9.17) is 9.47 Å². The monoisotopic (exact) mass is 239 g/mol. The molecule has 3 nitrogen and oxygen atoms in total. The minimum Gasteiger partial charge on any atom is -0.493 e. The first-order valence-electron chi connectivity index (χ1n) is 5.89. The van der Waals surface area contributed by atoms with Crippen molar-refractivity contribution in [3.8, 4) is 11.5 Å². The summed E-state index contributed by atoms with van der Waals surface area (Å²) in [5.74, 6) is 0.874. The van der Waals surface area contributed by atoms with Crippen LogP contribution in [0.1, 0.15) is 18.4 Å². The molecule has 0 bridgehead atoms. The molecule has 0 spiro atoms. The number of hydrogen-bond acceptors (Lipinski definition) is 3. The van der Waals surface area contributed by atoms with Gasteiger partial charge in [0.15, 0.2) is 11.5 Å². The molecule has 0 radical (unpaired) electrons. The molecule has 0 saturated carbocycles. The minimum absolute atomic E-state index is 0.226. The van der Waals surface area contributed by atoms with Gasteiger partial charge in [-0.2, -0.15) is 0 Å². The molecular weight excluding hydrogens is 221 g/mol. The Bertz CT molecular complexity index is 389. The van der Waals surface area contributed by atoms with E-state index in [0.717, 1.165) is 19.4 Å². The van der Waals surface area contributed by atoms with Crippen molar-refractivity contribution in [1.29, 1.82) is 0 Å². The van der Waals surface area contributed by atoms with Gasteiger partial charge in [-0.15, -0.1) is 0 Å². The predicted molar refractivity (Wildman–Crippen MR) is 64.2 cm³/mol. The van der Waals surface area contributed by atoms with Crippen LogP contribution in [0.3, 0.4) is 0 Å². The Labute approximate surface area is 101 Å². The van der Waals surface area contributed by atoms with Crippen LogP contribution in [-0.4, -0.2) is 26.8 Å². The van der Waals surface area contributed by atoms with Crippen LogP contribution < -0.4 is 14.8 Å². The topological polar surface area (TPSA) is 30.5 Å². The van der Waals surface area contributed by atoms with Crippen molar-refractivity contribution in [2.75, 3.05) is 20.8 Å². The molecule has 94 valence electrons. The van der Waals surface area contributed by atoms with Crippen LogP contribution in [-0.2, 0) is 6.42 Å². The second-order valence-electron chi connectivity index (χ2n) is 4.26. The number of nitrogens with one attached hydrogen (secondary N) is 1. The summed E-state index contributed by atoms with van der Waals surface area (Å²) in [6.45, 7) is 1.01. The summed E-state index contributed by atoms with van der Waals surface area (Å²) < 4.78 is 24.3. The molecule has 0 aromatic heterocycles. The molecule has 2 rings (SSSR count). The van der Waals surface area contributed by atoms with E-state index in [0.29, 0.717) is 29.5 Å². The van der Waals surface area contributed by atoms with Crippen LogP contribution in [0.4, 0.5) is 4.39 Å². The van der Waals surface area contributed by atoms with Crippen LogP contribution in [0.25, 0.3) is 0 Å². The Morgan fingerprint density at radius 1 is 1.35 bits per heavy atom. The van der Waals surface area contributed by atoms with Crippen molar-refractivity contribution >= 4 is 0 Å². The smallest absolute Gasteiger partial charge is 0.166 e. The average molecular weight is 239 g/mol. The largest absolute Gasteiger partial charge is 0.493 e. The summed E-state index contributed by atoms with van der Waals surface area (Å²) in [6, 6.07) is 3.37. The molecule has 4 heteroatoms. The van der Waals surface area contributed by atoms with Crippen molar-refractivity contribution in [1.82, 2.24) is 5.32 Å². The molecule has 1 saturated heterocycles. The highest BCUT2D eigenvalue weighted by Gasteiger charge is 2.21. The summed E-state index contributed by atoms with van der Waals surface area (Å²) in [5, 5.41) is 3.36. The van der Waals surface area contributed by atoms with Gasteiger partial charge < -0.3 is 14.8 Å². The van der Waals surface area contributed by atoms with E-state index < -0.39 is 0 Å². The van der Waals surface area contributed by atoms with E-state index in [9.17, 15) is 4.39 Å². The normalized spacial score (nSPS) is 19.4. The van der Waals surface area contributed by atoms with Crippen LogP contribution in [0.2, 0.25) is 0 Å². The Balaban J connectivity index is 2.29. The lowest BCUT2D eigenvalue weighted by Crippen LogP contribution is -2.24. The molecule has 1 aromatic carbocycles. The maximum Gasteiger partial charge on any atom is 0.166 e. The van der Waals surface area contributed by atoms with E-state index in [-0.39, 0.29) is 5.82 Å². The van der Waals surface area contributed by atoms with Gasteiger partial charge in [-0.3, -0.25) is 0 Å². The van der Waals surface area contributed by atoms with Gasteiger partial charge in [0.25, 0.3) is 0 Å². The fraction of sp³-hybridized carbons (Fsp3) is 0.538. The maximum atomic E-state index is 13.8. The Morgan fingerprint density at radius 2 is 2.18 bits per heavy atom. The van der Waals surface area contributed by atoms with E-state index in [2.05, 4.69) is 5.32 Å². The second kappa shape index (κ2) is 5.36. The van der Waals surface area contributed by atoms with Gasteiger partial charge in [-0.25, -0.2) is 4.39 Å². The molecule has 17 heavy (non-hydrogen) atoms. The SMILES string of the molecule is COc1ccc(F)c(CC2CCCN2)c1OC. The van der Waals surface area contributed by atoms with E-state index >= 15 is 0 Å². The second-order valence-corrected chi connectivity index (χ2v) is 4.26. The fourth-order valence-electron chi connectivity index (χ4n) is 2.33. The number of halogens is 1. The number of methoxy groups -OCH3 is 2. The van der Waals surface area contributed by atoms with Crippen LogP contribution in [0, 0.1) is 5.82 Å². The Kier molecular flexibility index (Phi) is 3.84. The molecule has 1 atom stereocenters. The van der Waals surface area contributed by atoms with Gasteiger partial charge in [-0.05, 0) is 37.9 Å². The molecular formula is C13H18FNO2. The molecule has 1 N–H and O–H groups in total. The van der Waals surface area contributed by atoms with Gasteiger partial charge in [0.2, 0.25) is 0 Å². The number of rotatable bonds is 4. The molecule has 1 aliphatic heterocycles. The van der Waals surface area contributed by atoms with Gasteiger partial charge in [0, 0.05) is 11.6 Å². The highest BCUT2D eigenvalue weighted by Crippen LogP contribution is 2.34. The lowest BCUT2D eigenvalue weighted by molar-refractivity contribution is 0.346. The zero-order chi connectivity index (χ0) is 12.3. The fourth-order valence-corrected chi connectivity index (χ4v) is 2.33. The minimum atomic E-state index is -0.226. The van der Waals surface area contributed by atoms with Crippen LogP contribution in [0.5, 0.6) is 11.5 Å². The van der Waals surface area contributed by atoms with E-state index in [1.807, 2.05) is 0 Å². The Hall–Kier alpha value is -1.29. The average Bonchev–Trinajstić information content (AvgIpc) is 2.84. The third kappa shape index (κ3) is 2.52. The van der Waals surface area contributed by atoms with Crippen molar-refractivity contribution in [3.05, 3.63) is 23.5 Å². The number of benzene rings is 1. The molecule has 1 fully saturated rings. The van der Waals surface area contributed by atoms with Gasteiger partial charge >= 0.3 is 0 Å². The molecule has 1 heterocycles. The van der Waals surface area contributed by atoms with Gasteiger partial charge in [-0.1, -0.05) is 0 Å². The van der Waals surface area contributed by atoms with Crippen molar-refractivity contribution in [3.63, 3.8) is 0 Å². The lowest BCUT2D eigenvalue weighted by Gasteiger charge is -2.16.